The molecule has 0 radical (unpaired) electrons. The molecule has 0 aromatic heterocycles. The minimum absolute atomic E-state index is 0.270. The molecule has 3 aromatic rings. The van der Waals surface area contributed by atoms with Crippen LogP contribution < -0.4 is 20.2 Å². The van der Waals surface area contributed by atoms with Crippen LogP contribution in [0.1, 0.15) is 22.3 Å². The third-order valence-electron chi connectivity index (χ3n) is 4.92. The molecule has 0 saturated heterocycles. The van der Waals surface area contributed by atoms with E-state index in [4.69, 9.17) is 32.7 Å². The Hall–Kier alpha value is -3.55. The summed E-state index contributed by atoms with van der Waals surface area (Å²) in [5, 5.41) is 7.31. The molecule has 7 nitrogen and oxygen atoms in total. The number of hydrogen-bond donors (Lipinski definition) is 2. The van der Waals surface area contributed by atoms with Gasteiger partial charge in [-0.15, -0.1) is 0 Å². The van der Waals surface area contributed by atoms with Crippen molar-refractivity contribution < 1.29 is 19.1 Å². The number of amides is 2. The van der Waals surface area contributed by atoms with Gasteiger partial charge in [0.15, 0.2) is 11.5 Å². The van der Waals surface area contributed by atoms with Gasteiger partial charge in [0.25, 0.3) is 0 Å². The molecule has 0 bridgehead atoms. The Kier molecular flexibility index (Phi) is 8.51. The number of halogens is 2. The molecule has 0 unspecified atom stereocenters. The number of carbonyl (C=O) groups is 2. The average molecular weight is 500 g/mol. The fraction of sp³-hybridized carbons (Fsp3) is 0.160. The van der Waals surface area contributed by atoms with E-state index in [0.29, 0.717) is 32.8 Å². The third kappa shape index (κ3) is 6.73. The molecule has 0 saturated carbocycles. The first-order valence-corrected chi connectivity index (χ1v) is 11.0. The second-order valence-corrected chi connectivity index (χ2v) is 8.21. The molecule has 34 heavy (non-hydrogen) atoms. The van der Waals surface area contributed by atoms with E-state index >= 15 is 0 Å². The minimum atomic E-state index is -0.886. The summed E-state index contributed by atoms with van der Waals surface area (Å²) in [7, 11) is 1.52. The second kappa shape index (κ2) is 11.5. The molecule has 0 aliphatic heterocycles. The third-order valence-corrected chi connectivity index (χ3v) is 5.66. The van der Waals surface area contributed by atoms with Crippen molar-refractivity contribution in [1.29, 1.82) is 0 Å². The van der Waals surface area contributed by atoms with Crippen LogP contribution in [0.15, 0.2) is 59.7 Å². The Labute approximate surface area is 207 Å². The first-order chi connectivity index (χ1) is 16.3. The summed E-state index contributed by atoms with van der Waals surface area (Å²) in [4.78, 5) is 24.1. The number of nitrogens with zero attached hydrogens (tertiary/aromatic N) is 1. The number of carbonyl (C=O) groups excluding carboxylic acids is 2. The highest BCUT2D eigenvalue weighted by Gasteiger charge is 2.13. The molecular weight excluding hydrogens is 477 g/mol. The molecule has 176 valence electrons. The first kappa shape index (κ1) is 25.1. The van der Waals surface area contributed by atoms with Crippen LogP contribution in [-0.4, -0.2) is 25.1 Å². The minimum Gasteiger partial charge on any atom is -0.493 e. The zero-order valence-electron chi connectivity index (χ0n) is 18.8. The van der Waals surface area contributed by atoms with Gasteiger partial charge in [0, 0.05) is 5.69 Å². The van der Waals surface area contributed by atoms with Crippen LogP contribution in [0.2, 0.25) is 10.0 Å². The number of rotatable bonds is 7. The summed E-state index contributed by atoms with van der Waals surface area (Å²) in [5.41, 5.74) is 6.33. The highest BCUT2D eigenvalue weighted by atomic mass is 35.5. The van der Waals surface area contributed by atoms with Crippen molar-refractivity contribution in [3.05, 3.63) is 86.9 Å². The van der Waals surface area contributed by atoms with Crippen LogP contribution in [0.4, 0.5) is 5.69 Å². The molecule has 3 rings (SSSR count). The Morgan fingerprint density at radius 3 is 2.41 bits per heavy atom. The first-order valence-electron chi connectivity index (χ1n) is 10.2. The maximum atomic E-state index is 12.1. The molecule has 0 atom stereocenters. The quantitative estimate of drug-likeness (QED) is 0.262. The lowest BCUT2D eigenvalue weighted by Gasteiger charge is -2.11. The highest BCUT2D eigenvalue weighted by Crippen LogP contribution is 2.29. The number of anilines is 1. The van der Waals surface area contributed by atoms with E-state index in [0.717, 1.165) is 16.7 Å². The van der Waals surface area contributed by atoms with Crippen molar-refractivity contribution >= 4 is 46.9 Å². The predicted octanol–water partition coefficient (Wildman–Crippen LogP) is 5.29. The summed E-state index contributed by atoms with van der Waals surface area (Å²) < 4.78 is 11.2. The molecule has 0 aliphatic rings. The number of hydrogen-bond acceptors (Lipinski definition) is 5. The fourth-order valence-electron chi connectivity index (χ4n) is 2.90. The summed E-state index contributed by atoms with van der Waals surface area (Å²) in [6, 6.07) is 15.8. The lowest BCUT2D eigenvalue weighted by atomic mass is 10.1. The molecule has 2 amide bonds. The van der Waals surface area contributed by atoms with Gasteiger partial charge in [0.2, 0.25) is 0 Å². The molecule has 2 N–H and O–H groups in total. The van der Waals surface area contributed by atoms with Gasteiger partial charge < -0.3 is 14.8 Å². The zero-order chi connectivity index (χ0) is 24.7. The van der Waals surface area contributed by atoms with Crippen LogP contribution in [0.5, 0.6) is 11.5 Å². The number of benzene rings is 3. The van der Waals surface area contributed by atoms with E-state index in [1.807, 2.05) is 26.0 Å². The van der Waals surface area contributed by atoms with Crippen LogP contribution in [0.3, 0.4) is 0 Å². The number of methoxy groups -OCH3 is 1. The maximum Gasteiger partial charge on any atom is 0.329 e. The standard InChI is InChI=1S/C25H23Cl2N3O4/c1-15-4-7-19(10-16(15)2)29-24(31)25(32)30-28-13-17-6-9-22(23(12-17)33-3)34-14-18-5-8-20(26)21(27)11-18/h4-13H,14H2,1-3H3,(H,29,31)(H,30,32)/b28-13-. The topological polar surface area (TPSA) is 89.0 Å². The molecule has 0 fully saturated rings. The van der Waals surface area contributed by atoms with Crippen molar-refractivity contribution in [2.24, 2.45) is 5.10 Å². The van der Waals surface area contributed by atoms with Crippen LogP contribution >= 0.6 is 23.2 Å². The molecule has 0 heterocycles. The lowest BCUT2D eigenvalue weighted by Crippen LogP contribution is -2.32. The van der Waals surface area contributed by atoms with Gasteiger partial charge >= 0.3 is 11.8 Å². The van der Waals surface area contributed by atoms with E-state index in [-0.39, 0.29) is 6.61 Å². The highest BCUT2D eigenvalue weighted by molar-refractivity contribution is 6.42. The van der Waals surface area contributed by atoms with Gasteiger partial charge in [-0.05, 0) is 78.6 Å². The SMILES string of the molecule is COc1cc(/C=N\NC(=O)C(=O)Nc2ccc(C)c(C)c2)ccc1OCc1ccc(Cl)c(Cl)c1. The summed E-state index contributed by atoms with van der Waals surface area (Å²) in [5.74, 6) is -0.711. The predicted molar refractivity (Wildman–Crippen MR) is 134 cm³/mol. The fourth-order valence-corrected chi connectivity index (χ4v) is 3.22. The smallest absolute Gasteiger partial charge is 0.329 e. The summed E-state index contributed by atoms with van der Waals surface area (Å²) in [6.07, 6.45) is 1.40. The van der Waals surface area contributed by atoms with E-state index in [1.165, 1.54) is 13.3 Å². The Morgan fingerprint density at radius 2 is 1.71 bits per heavy atom. The average Bonchev–Trinajstić information content (AvgIpc) is 2.82. The monoisotopic (exact) mass is 499 g/mol. The maximum absolute atomic E-state index is 12.1. The molecule has 9 heteroatoms. The van der Waals surface area contributed by atoms with Crippen LogP contribution in [0.25, 0.3) is 0 Å². The number of nitrogens with one attached hydrogen (secondary N) is 2. The van der Waals surface area contributed by atoms with Gasteiger partial charge in [-0.2, -0.15) is 5.10 Å². The Balaban J connectivity index is 1.57. The van der Waals surface area contributed by atoms with E-state index in [9.17, 15) is 9.59 Å². The van der Waals surface area contributed by atoms with Crippen molar-refractivity contribution in [2.75, 3.05) is 12.4 Å². The van der Waals surface area contributed by atoms with Crippen molar-refractivity contribution in [2.45, 2.75) is 20.5 Å². The van der Waals surface area contributed by atoms with E-state index < -0.39 is 11.8 Å². The van der Waals surface area contributed by atoms with Crippen LogP contribution in [-0.2, 0) is 16.2 Å². The van der Waals surface area contributed by atoms with E-state index in [2.05, 4.69) is 15.8 Å². The Bertz CT molecular complexity index is 1240. The van der Waals surface area contributed by atoms with Gasteiger partial charge in [-0.25, -0.2) is 5.43 Å². The van der Waals surface area contributed by atoms with E-state index in [1.54, 1.807) is 42.5 Å². The molecule has 0 spiro atoms. The lowest BCUT2D eigenvalue weighted by molar-refractivity contribution is -0.136. The normalized spacial score (nSPS) is 10.7. The van der Waals surface area contributed by atoms with Gasteiger partial charge in [-0.3, -0.25) is 9.59 Å². The Morgan fingerprint density at radius 1 is 0.912 bits per heavy atom. The molecule has 3 aromatic carbocycles. The van der Waals surface area contributed by atoms with Gasteiger partial charge in [0.05, 0.1) is 23.4 Å². The second-order valence-electron chi connectivity index (χ2n) is 7.40. The van der Waals surface area contributed by atoms with Gasteiger partial charge in [0.1, 0.15) is 6.61 Å². The number of aryl methyl sites for hydroxylation is 2. The molecular formula is C25H23Cl2N3O4. The van der Waals surface area contributed by atoms with Gasteiger partial charge in [-0.1, -0.05) is 35.3 Å². The van der Waals surface area contributed by atoms with Crippen LogP contribution in [0, 0.1) is 13.8 Å². The van der Waals surface area contributed by atoms with Crippen molar-refractivity contribution in [3.8, 4) is 11.5 Å². The number of hydrazone groups is 1. The zero-order valence-corrected chi connectivity index (χ0v) is 20.3. The molecule has 0 aliphatic carbocycles. The van der Waals surface area contributed by atoms with Crippen molar-refractivity contribution in [3.63, 3.8) is 0 Å². The number of ether oxygens (including phenoxy) is 2. The largest absolute Gasteiger partial charge is 0.493 e. The van der Waals surface area contributed by atoms with Crippen molar-refractivity contribution in [1.82, 2.24) is 5.43 Å². The summed E-state index contributed by atoms with van der Waals surface area (Å²) in [6.45, 7) is 4.16. The summed E-state index contributed by atoms with van der Waals surface area (Å²) >= 11 is 12.0.